The van der Waals surface area contributed by atoms with Gasteiger partial charge in [0.2, 0.25) is 0 Å². The number of halogens is 1. The summed E-state index contributed by atoms with van der Waals surface area (Å²) in [6, 6.07) is 19.9. The average Bonchev–Trinajstić information content (AvgIpc) is 3.09. The van der Waals surface area contributed by atoms with Gasteiger partial charge in [-0.15, -0.1) is 0 Å². The van der Waals surface area contributed by atoms with Crippen molar-refractivity contribution in [2.24, 2.45) is 0 Å². The van der Waals surface area contributed by atoms with E-state index in [0.29, 0.717) is 44.7 Å². The number of urea groups is 1. The second-order valence-corrected chi connectivity index (χ2v) is 9.34. The lowest BCUT2D eigenvalue weighted by Crippen LogP contribution is -2.56. The second-order valence-electron chi connectivity index (χ2n) is 9.34. The number of ether oxygens (including phenoxy) is 1. The number of aromatic nitrogens is 1. The maximum atomic E-state index is 13.8. The van der Waals surface area contributed by atoms with E-state index in [2.05, 4.69) is 9.88 Å². The van der Waals surface area contributed by atoms with Crippen LogP contribution in [0.25, 0.3) is 0 Å². The molecule has 8 heteroatoms. The number of likely N-dealkylation sites (tertiary alicyclic amines) is 1. The number of carbonyl (C=O) groups is 2. The molecule has 3 aromatic rings. The van der Waals surface area contributed by atoms with Gasteiger partial charge in [0.25, 0.3) is 5.91 Å². The van der Waals surface area contributed by atoms with Crippen molar-refractivity contribution in [2.75, 3.05) is 20.2 Å². The zero-order valence-electron chi connectivity index (χ0n) is 20.3. The van der Waals surface area contributed by atoms with Crippen molar-refractivity contribution in [2.45, 2.75) is 38.0 Å². The molecule has 2 aliphatic heterocycles. The van der Waals surface area contributed by atoms with Crippen LogP contribution in [0.2, 0.25) is 0 Å². The first-order valence-electron chi connectivity index (χ1n) is 12.1. The number of hydrogen-bond acceptors (Lipinski definition) is 5. The number of benzene rings is 2. The van der Waals surface area contributed by atoms with Gasteiger partial charge in [0, 0.05) is 32.4 Å². The quantitative estimate of drug-likeness (QED) is 0.466. The van der Waals surface area contributed by atoms with Crippen LogP contribution in [0.1, 0.15) is 29.7 Å². The summed E-state index contributed by atoms with van der Waals surface area (Å²) in [7, 11) is 1.45. The number of hydrogen-bond donors (Lipinski definition) is 0. The van der Waals surface area contributed by atoms with Gasteiger partial charge >= 0.3 is 6.03 Å². The van der Waals surface area contributed by atoms with Gasteiger partial charge in [-0.05, 0) is 48.2 Å². The van der Waals surface area contributed by atoms with Crippen molar-refractivity contribution in [3.8, 4) is 5.75 Å². The van der Waals surface area contributed by atoms with Crippen LogP contribution in [0.15, 0.2) is 72.9 Å². The lowest BCUT2D eigenvalue weighted by molar-refractivity contribution is -0.136. The van der Waals surface area contributed by atoms with E-state index < -0.39 is 11.4 Å². The summed E-state index contributed by atoms with van der Waals surface area (Å²) >= 11 is 0. The number of imide groups is 1. The summed E-state index contributed by atoms with van der Waals surface area (Å²) in [5, 5.41) is 0. The Labute approximate surface area is 210 Å². The highest BCUT2D eigenvalue weighted by Gasteiger charge is 2.57. The Hall–Kier alpha value is -3.78. The van der Waals surface area contributed by atoms with E-state index in [1.165, 1.54) is 18.1 Å². The number of piperidine rings is 1. The molecular formula is C28H29FN4O3. The Morgan fingerprint density at radius 1 is 0.917 bits per heavy atom. The molecule has 0 bridgehead atoms. The first kappa shape index (κ1) is 23.9. The Morgan fingerprint density at radius 2 is 1.67 bits per heavy atom. The minimum absolute atomic E-state index is 0.155. The van der Waals surface area contributed by atoms with Crippen LogP contribution in [-0.4, -0.2) is 57.4 Å². The third-order valence-corrected chi connectivity index (χ3v) is 7.16. The zero-order chi connectivity index (χ0) is 25.1. The van der Waals surface area contributed by atoms with Gasteiger partial charge in [-0.1, -0.05) is 42.5 Å². The topological polar surface area (TPSA) is 66.0 Å². The predicted molar refractivity (Wildman–Crippen MR) is 132 cm³/mol. The number of carbonyl (C=O) groups excluding carboxylic acids is 2. The third kappa shape index (κ3) is 4.56. The van der Waals surface area contributed by atoms with E-state index in [1.54, 1.807) is 23.2 Å². The molecule has 2 aromatic carbocycles. The smallest absolute Gasteiger partial charge is 0.328 e. The molecule has 0 N–H and O–H groups in total. The first-order valence-corrected chi connectivity index (χ1v) is 12.1. The molecule has 3 amide bonds. The summed E-state index contributed by atoms with van der Waals surface area (Å²) in [6.45, 7) is 2.43. The number of amides is 3. The fraction of sp³-hybridized carbons (Fsp3) is 0.321. The molecule has 186 valence electrons. The third-order valence-electron chi connectivity index (χ3n) is 7.16. The molecule has 2 saturated heterocycles. The molecule has 2 fully saturated rings. The molecule has 1 spiro atoms. The maximum absolute atomic E-state index is 13.8. The van der Waals surface area contributed by atoms with Crippen LogP contribution in [0.5, 0.6) is 5.75 Å². The molecule has 36 heavy (non-hydrogen) atoms. The van der Waals surface area contributed by atoms with E-state index in [4.69, 9.17) is 4.74 Å². The largest absolute Gasteiger partial charge is 0.494 e. The van der Waals surface area contributed by atoms with E-state index >= 15 is 0 Å². The standard InChI is InChI=1S/C28H29FN4O3/c1-36-25-17-22(10-11-24(25)29)18-31-15-12-28(13-16-31)26(34)32(20-23-9-5-6-14-30-23)27(35)33(28)19-21-7-3-2-4-8-21/h2-11,14,17H,12-13,15-16,18-20H2,1H3. The second kappa shape index (κ2) is 10.1. The summed E-state index contributed by atoms with van der Waals surface area (Å²) in [6.07, 6.45) is 2.73. The molecule has 0 unspecified atom stereocenters. The maximum Gasteiger partial charge on any atom is 0.328 e. The van der Waals surface area contributed by atoms with Crippen LogP contribution in [0.4, 0.5) is 9.18 Å². The Kier molecular flexibility index (Phi) is 6.69. The molecule has 1 aromatic heterocycles. The lowest BCUT2D eigenvalue weighted by Gasteiger charge is -2.42. The Bertz CT molecular complexity index is 1230. The monoisotopic (exact) mass is 488 g/mol. The van der Waals surface area contributed by atoms with Gasteiger partial charge in [-0.3, -0.25) is 19.6 Å². The van der Waals surface area contributed by atoms with Gasteiger partial charge in [0.05, 0.1) is 19.3 Å². The molecule has 0 radical (unpaired) electrons. The number of pyridine rings is 1. The summed E-state index contributed by atoms with van der Waals surface area (Å²) in [5.41, 5.74) is 1.71. The summed E-state index contributed by atoms with van der Waals surface area (Å²) in [5.74, 6) is -0.326. The van der Waals surface area contributed by atoms with Crippen molar-refractivity contribution in [1.82, 2.24) is 19.7 Å². The highest BCUT2D eigenvalue weighted by molar-refractivity contribution is 6.07. The van der Waals surface area contributed by atoms with E-state index in [9.17, 15) is 14.0 Å². The zero-order valence-corrected chi connectivity index (χ0v) is 20.3. The van der Waals surface area contributed by atoms with Crippen molar-refractivity contribution < 1.29 is 18.7 Å². The van der Waals surface area contributed by atoms with Gasteiger partial charge in [-0.2, -0.15) is 0 Å². The van der Waals surface area contributed by atoms with Gasteiger partial charge in [0.15, 0.2) is 11.6 Å². The lowest BCUT2D eigenvalue weighted by atomic mass is 9.85. The van der Waals surface area contributed by atoms with Crippen LogP contribution >= 0.6 is 0 Å². The highest BCUT2D eigenvalue weighted by Crippen LogP contribution is 2.39. The van der Waals surface area contributed by atoms with Crippen molar-refractivity contribution in [3.63, 3.8) is 0 Å². The van der Waals surface area contributed by atoms with Crippen molar-refractivity contribution >= 4 is 11.9 Å². The van der Waals surface area contributed by atoms with Crippen molar-refractivity contribution in [1.29, 1.82) is 0 Å². The normalized spacial score (nSPS) is 17.7. The fourth-order valence-corrected chi connectivity index (χ4v) is 5.19. The van der Waals surface area contributed by atoms with E-state index in [-0.39, 0.29) is 24.2 Å². The number of rotatable bonds is 7. The SMILES string of the molecule is COc1cc(CN2CCC3(CC2)C(=O)N(Cc2ccccn2)C(=O)N3Cc2ccccc2)ccc1F. The van der Waals surface area contributed by atoms with Crippen molar-refractivity contribution in [3.05, 3.63) is 95.6 Å². The average molecular weight is 489 g/mol. The first-order chi connectivity index (χ1) is 17.5. The Balaban J connectivity index is 1.37. The Morgan fingerprint density at radius 3 is 2.36 bits per heavy atom. The summed E-state index contributed by atoms with van der Waals surface area (Å²) < 4.78 is 18.9. The van der Waals surface area contributed by atoms with E-state index in [1.807, 2.05) is 48.5 Å². The molecule has 0 saturated carbocycles. The minimum atomic E-state index is -0.890. The van der Waals surface area contributed by atoms with Crippen LogP contribution < -0.4 is 4.74 Å². The van der Waals surface area contributed by atoms with Crippen LogP contribution in [0.3, 0.4) is 0 Å². The predicted octanol–water partition coefficient (Wildman–Crippen LogP) is 4.23. The minimum Gasteiger partial charge on any atom is -0.494 e. The van der Waals surface area contributed by atoms with Crippen LogP contribution in [0, 0.1) is 5.82 Å². The molecule has 2 aliphatic rings. The van der Waals surface area contributed by atoms with Crippen LogP contribution in [-0.2, 0) is 24.4 Å². The van der Waals surface area contributed by atoms with Gasteiger partial charge < -0.3 is 9.64 Å². The number of methoxy groups -OCH3 is 1. The molecule has 0 aliphatic carbocycles. The molecule has 5 rings (SSSR count). The van der Waals surface area contributed by atoms with E-state index in [0.717, 1.165) is 11.1 Å². The van der Waals surface area contributed by atoms with Gasteiger partial charge in [-0.25, -0.2) is 9.18 Å². The summed E-state index contributed by atoms with van der Waals surface area (Å²) in [4.78, 5) is 37.1. The highest BCUT2D eigenvalue weighted by atomic mass is 19.1. The molecule has 0 atom stereocenters. The molecule has 3 heterocycles. The fourth-order valence-electron chi connectivity index (χ4n) is 5.19. The number of nitrogens with zero attached hydrogens (tertiary/aromatic N) is 4. The molecular weight excluding hydrogens is 459 g/mol. The molecule has 7 nitrogen and oxygen atoms in total. The van der Waals surface area contributed by atoms with Gasteiger partial charge in [0.1, 0.15) is 5.54 Å².